The van der Waals surface area contributed by atoms with Crippen LogP contribution >= 0.6 is 0 Å². The predicted molar refractivity (Wildman–Crippen MR) is 36.0 cm³/mol. The number of nitrogens with two attached hydrogens (primary N) is 1. The minimum Gasteiger partial charge on any atom is -0.366 e. The van der Waals surface area contributed by atoms with Crippen molar-refractivity contribution in [3.05, 3.63) is 23.8 Å². The van der Waals surface area contributed by atoms with Crippen LogP contribution in [-0.4, -0.2) is 11.8 Å². The first kappa shape index (κ1) is 7.91. The van der Waals surface area contributed by atoms with E-state index in [9.17, 15) is 13.6 Å². The first-order valence-electron chi connectivity index (χ1n) is 3.08. The van der Waals surface area contributed by atoms with Crippen molar-refractivity contribution in [2.45, 2.75) is 12.3 Å². The number of primary amides is 1. The van der Waals surface area contributed by atoms with Crippen LogP contribution in [0.2, 0.25) is 0 Å². The van der Waals surface area contributed by atoms with E-state index < -0.39 is 11.8 Å². The largest absolute Gasteiger partial charge is 0.366 e. The Morgan fingerprint density at radius 3 is 2.64 bits per heavy atom. The van der Waals surface area contributed by atoms with Crippen molar-refractivity contribution < 1.29 is 13.6 Å². The fourth-order valence-electron chi connectivity index (χ4n) is 0.831. The number of allylic oxidation sites excluding steroid dienone is 2. The zero-order valence-corrected chi connectivity index (χ0v) is 5.68. The van der Waals surface area contributed by atoms with Gasteiger partial charge in [-0.05, 0) is 6.08 Å². The molecule has 1 rings (SSSR count). The van der Waals surface area contributed by atoms with Gasteiger partial charge in [0.05, 0.1) is 0 Å². The lowest BCUT2D eigenvalue weighted by Crippen LogP contribution is -2.21. The standard InChI is InChI=1S/C7H7F2NO/c8-7(9)3-1-2-5(4-7)6(10)11/h1-2,4H,3H2,(H2,10,11). The summed E-state index contributed by atoms with van der Waals surface area (Å²) in [6.45, 7) is 0. The van der Waals surface area contributed by atoms with Gasteiger partial charge in [0.25, 0.3) is 5.92 Å². The van der Waals surface area contributed by atoms with Gasteiger partial charge in [-0.25, -0.2) is 8.78 Å². The van der Waals surface area contributed by atoms with Gasteiger partial charge >= 0.3 is 0 Å². The van der Waals surface area contributed by atoms with Gasteiger partial charge < -0.3 is 5.73 Å². The SMILES string of the molecule is NC(=O)C1=CC(F)(F)CC=C1. The second kappa shape index (κ2) is 2.45. The van der Waals surface area contributed by atoms with Gasteiger partial charge in [-0.15, -0.1) is 0 Å². The highest BCUT2D eigenvalue weighted by molar-refractivity contribution is 5.95. The molecule has 11 heavy (non-hydrogen) atoms. The zero-order chi connectivity index (χ0) is 8.48. The summed E-state index contributed by atoms with van der Waals surface area (Å²) in [6, 6.07) is 0. The van der Waals surface area contributed by atoms with Crippen LogP contribution in [0.5, 0.6) is 0 Å². The summed E-state index contributed by atoms with van der Waals surface area (Å²) in [6.07, 6.45) is 2.78. The molecule has 0 aliphatic heterocycles. The maximum absolute atomic E-state index is 12.5. The molecule has 0 aromatic carbocycles. The van der Waals surface area contributed by atoms with Crippen molar-refractivity contribution in [3.8, 4) is 0 Å². The van der Waals surface area contributed by atoms with Gasteiger partial charge in [0.2, 0.25) is 5.91 Å². The molecule has 4 heteroatoms. The second-order valence-corrected chi connectivity index (χ2v) is 2.33. The van der Waals surface area contributed by atoms with Crippen molar-refractivity contribution in [1.82, 2.24) is 0 Å². The second-order valence-electron chi connectivity index (χ2n) is 2.33. The normalized spacial score (nSPS) is 21.1. The number of carbonyl (C=O) groups is 1. The molecular formula is C7H7F2NO. The van der Waals surface area contributed by atoms with Crippen molar-refractivity contribution in [1.29, 1.82) is 0 Å². The lowest BCUT2D eigenvalue weighted by Gasteiger charge is -2.13. The Bertz CT molecular complexity index is 243. The molecule has 1 aliphatic rings. The summed E-state index contributed by atoms with van der Waals surface area (Å²) in [7, 11) is 0. The van der Waals surface area contributed by atoms with Gasteiger partial charge in [-0.1, -0.05) is 12.2 Å². The number of halogens is 2. The summed E-state index contributed by atoms with van der Waals surface area (Å²) in [5, 5.41) is 0. The van der Waals surface area contributed by atoms with E-state index in [0.717, 1.165) is 0 Å². The molecule has 0 aromatic rings. The molecule has 60 valence electrons. The van der Waals surface area contributed by atoms with Gasteiger partial charge in [-0.2, -0.15) is 0 Å². The van der Waals surface area contributed by atoms with Crippen LogP contribution in [0.3, 0.4) is 0 Å². The van der Waals surface area contributed by atoms with Gasteiger partial charge in [0.15, 0.2) is 0 Å². The average Bonchev–Trinajstić information content (AvgIpc) is 1.85. The molecule has 1 amide bonds. The molecule has 0 spiro atoms. The van der Waals surface area contributed by atoms with E-state index >= 15 is 0 Å². The number of alkyl halides is 2. The molecule has 0 fully saturated rings. The van der Waals surface area contributed by atoms with E-state index in [1.54, 1.807) is 0 Å². The van der Waals surface area contributed by atoms with Crippen LogP contribution in [-0.2, 0) is 4.79 Å². The Morgan fingerprint density at radius 1 is 1.64 bits per heavy atom. The zero-order valence-electron chi connectivity index (χ0n) is 5.68. The van der Waals surface area contributed by atoms with Crippen LogP contribution in [0.4, 0.5) is 8.78 Å². The number of carbonyl (C=O) groups excluding carboxylic acids is 1. The average molecular weight is 159 g/mol. The summed E-state index contributed by atoms with van der Waals surface area (Å²) in [5.74, 6) is -3.74. The Labute approximate surface area is 62.4 Å². The lowest BCUT2D eigenvalue weighted by atomic mass is 10.0. The molecule has 0 heterocycles. The highest BCUT2D eigenvalue weighted by Gasteiger charge is 2.28. The molecule has 0 atom stereocenters. The number of hydrogen-bond donors (Lipinski definition) is 1. The van der Waals surface area contributed by atoms with Crippen LogP contribution in [0.15, 0.2) is 23.8 Å². The monoisotopic (exact) mass is 159 g/mol. The maximum Gasteiger partial charge on any atom is 0.270 e. The highest BCUT2D eigenvalue weighted by atomic mass is 19.3. The molecule has 0 bridgehead atoms. The summed E-state index contributed by atoms with van der Waals surface area (Å²) < 4.78 is 25.0. The van der Waals surface area contributed by atoms with Crippen molar-refractivity contribution >= 4 is 5.91 Å². The third-order valence-electron chi connectivity index (χ3n) is 1.34. The molecule has 2 nitrogen and oxygen atoms in total. The van der Waals surface area contributed by atoms with Gasteiger partial charge in [0, 0.05) is 12.0 Å². The molecule has 0 saturated heterocycles. The molecule has 0 aromatic heterocycles. The summed E-state index contributed by atoms with van der Waals surface area (Å²) in [4.78, 5) is 10.4. The van der Waals surface area contributed by atoms with E-state index in [1.165, 1.54) is 12.2 Å². The van der Waals surface area contributed by atoms with Crippen molar-refractivity contribution in [2.75, 3.05) is 0 Å². The Kier molecular flexibility index (Phi) is 1.76. The van der Waals surface area contributed by atoms with Gasteiger partial charge in [0.1, 0.15) is 0 Å². The van der Waals surface area contributed by atoms with Crippen LogP contribution < -0.4 is 5.73 Å². The quantitative estimate of drug-likeness (QED) is 0.609. The predicted octanol–water partition coefficient (Wildman–Crippen LogP) is 0.993. The van der Waals surface area contributed by atoms with Crippen molar-refractivity contribution in [3.63, 3.8) is 0 Å². The third kappa shape index (κ3) is 1.86. The summed E-state index contributed by atoms with van der Waals surface area (Å²) in [5.41, 5.74) is 4.67. The molecular weight excluding hydrogens is 152 g/mol. The fraction of sp³-hybridized carbons (Fsp3) is 0.286. The molecule has 0 saturated carbocycles. The number of hydrogen-bond acceptors (Lipinski definition) is 1. The van der Waals surface area contributed by atoms with E-state index in [0.29, 0.717) is 6.08 Å². The van der Waals surface area contributed by atoms with E-state index in [2.05, 4.69) is 0 Å². The Morgan fingerprint density at radius 2 is 2.27 bits per heavy atom. The molecule has 0 radical (unpaired) electrons. The lowest BCUT2D eigenvalue weighted by molar-refractivity contribution is -0.114. The molecule has 0 unspecified atom stereocenters. The number of rotatable bonds is 1. The maximum atomic E-state index is 12.5. The van der Waals surface area contributed by atoms with Crippen molar-refractivity contribution in [2.24, 2.45) is 5.73 Å². The first-order chi connectivity index (χ1) is 5.01. The summed E-state index contributed by atoms with van der Waals surface area (Å²) >= 11 is 0. The Hall–Kier alpha value is -1.19. The van der Waals surface area contributed by atoms with E-state index in [4.69, 9.17) is 5.73 Å². The highest BCUT2D eigenvalue weighted by Crippen LogP contribution is 2.26. The third-order valence-corrected chi connectivity index (χ3v) is 1.34. The molecule has 2 N–H and O–H groups in total. The van der Waals surface area contributed by atoms with Crippen LogP contribution in [0, 0.1) is 0 Å². The Balaban J connectivity index is 2.89. The van der Waals surface area contributed by atoms with E-state index in [1.807, 2.05) is 0 Å². The minimum atomic E-state index is -2.92. The number of amides is 1. The first-order valence-corrected chi connectivity index (χ1v) is 3.08. The van der Waals surface area contributed by atoms with Crippen LogP contribution in [0.1, 0.15) is 6.42 Å². The topological polar surface area (TPSA) is 43.1 Å². The molecule has 1 aliphatic carbocycles. The van der Waals surface area contributed by atoms with Crippen LogP contribution in [0.25, 0.3) is 0 Å². The smallest absolute Gasteiger partial charge is 0.270 e. The minimum absolute atomic E-state index is 0.124. The van der Waals surface area contributed by atoms with E-state index in [-0.39, 0.29) is 12.0 Å². The van der Waals surface area contributed by atoms with Gasteiger partial charge in [-0.3, -0.25) is 4.79 Å². The fourth-order valence-corrected chi connectivity index (χ4v) is 0.831.